The summed E-state index contributed by atoms with van der Waals surface area (Å²) in [6.45, 7) is 10.4. The summed E-state index contributed by atoms with van der Waals surface area (Å²) >= 11 is 0. The molecule has 0 fully saturated rings. The van der Waals surface area contributed by atoms with E-state index in [1.807, 2.05) is 20.8 Å². The number of nitrogens with two attached hydrogens (primary N) is 1. The van der Waals surface area contributed by atoms with Crippen molar-refractivity contribution in [2.45, 2.75) is 40.4 Å². The van der Waals surface area contributed by atoms with Gasteiger partial charge in [-0.25, -0.2) is 4.98 Å². The van der Waals surface area contributed by atoms with Gasteiger partial charge in [-0.1, -0.05) is 13.8 Å². The van der Waals surface area contributed by atoms with Crippen LogP contribution in [0, 0.1) is 13.8 Å². The van der Waals surface area contributed by atoms with Gasteiger partial charge in [0.25, 0.3) is 5.91 Å². The number of amides is 1. The third kappa shape index (κ3) is 7.63. The number of alkyl halides is 3. The van der Waals surface area contributed by atoms with E-state index in [-0.39, 0.29) is 41.4 Å². The Morgan fingerprint density at radius 2 is 1.93 bits per heavy atom. The Morgan fingerprint density at radius 1 is 1.21 bits per heavy atom. The van der Waals surface area contributed by atoms with E-state index in [0.717, 1.165) is 18.7 Å². The highest BCUT2D eigenvalue weighted by Gasteiger charge is 2.38. The number of likely N-dealkylation sites (N-methyl/N-ethyl adjacent to an activating group) is 1. The number of aryl methyl sites for hydroxylation is 1. The number of nitrogens with one attached hydrogen (secondary N) is 3. The Balaban J connectivity index is 1.97. The Kier molecular flexibility index (Phi) is 10.6. The molecule has 5 N–H and O–H groups in total. The molecule has 0 aliphatic rings. The molecule has 42 heavy (non-hydrogen) atoms. The molecular formula is C28H35F3N8O3. The van der Waals surface area contributed by atoms with E-state index in [1.54, 1.807) is 13.1 Å². The van der Waals surface area contributed by atoms with Gasteiger partial charge in [-0.3, -0.25) is 14.6 Å². The maximum Gasteiger partial charge on any atom is 0.434 e. The van der Waals surface area contributed by atoms with E-state index in [9.17, 15) is 22.8 Å². The quantitative estimate of drug-likeness (QED) is 0.172. The first-order valence-corrected chi connectivity index (χ1v) is 13.3. The molecule has 3 heterocycles. The lowest BCUT2D eigenvalue weighted by Gasteiger charge is -2.18. The highest BCUT2D eigenvalue weighted by Crippen LogP contribution is 2.38. The van der Waals surface area contributed by atoms with E-state index in [1.165, 1.54) is 25.4 Å². The molecule has 0 unspecified atom stereocenters. The van der Waals surface area contributed by atoms with Crippen LogP contribution in [0.3, 0.4) is 0 Å². The van der Waals surface area contributed by atoms with Crippen molar-refractivity contribution >= 4 is 35.6 Å². The number of pyridine rings is 1. The normalized spacial score (nSPS) is 12.0. The van der Waals surface area contributed by atoms with Crippen molar-refractivity contribution < 1.29 is 27.5 Å². The van der Waals surface area contributed by atoms with Gasteiger partial charge in [0.2, 0.25) is 5.95 Å². The molecule has 3 aromatic heterocycles. The highest BCUT2D eigenvalue weighted by molar-refractivity contribution is 6.15. The number of aromatic amines is 1. The molecule has 3 rings (SSSR count). The zero-order valence-electron chi connectivity index (χ0n) is 24.1. The Morgan fingerprint density at radius 3 is 2.55 bits per heavy atom. The van der Waals surface area contributed by atoms with Gasteiger partial charge in [0, 0.05) is 47.9 Å². The number of rotatable bonds is 13. The summed E-state index contributed by atoms with van der Waals surface area (Å²) in [4.78, 5) is 41.5. The zero-order chi connectivity index (χ0) is 31.0. The molecule has 3 aromatic rings. The van der Waals surface area contributed by atoms with Crippen molar-refractivity contribution in [3.05, 3.63) is 57.8 Å². The first kappa shape index (κ1) is 32.1. The first-order chi connectivity index (χ1) is 19.9. The van der Waals surface area contributed by atoms with Crippen LogP contribution in [0.1, 0.15) is 58.0 Å². The number of carbonyl (C=O) groups excluding carboxylic acids is 2. The van der Waals surface area contributed by atoms with E-state index in [0.29, 0.717) is 30.1 Å². The Labute approximate surface area is 241 Å². The van der Waals surface area contributed by atoms with Crippen LogP contribution >= 0.6 is 0 Å². The number of aromatic nitrogens is 4. The molecule has 0 aliphatic carbocycles. The number of hydrogen-bond donors (Lipinski definition) is 4. The fourth-order valence-electron chi connectivity index (χ4n) is 4.43. The van der Waals surface area contributed by atoms with Crippen molar-refractivity contribution in [1.82, 2.24) is 30.2 Å². The molecule has 0 saturated heterocycles. The standard InChI is InChI=1S/C28H35F3N8O3/c1-6-39(7-2)9-8-33-26(41)18-10-20(34-13-18)11-19(15-40)22-24(28(29,30)31)37-27(32)38-25(22)36-14-21-17(4)23(42-5)16(3)12-35-21/h10-13,15,34H,6-9,14H2,1-5H3,(H,33,41)(H3,32,36,37,38)/b19-11+. The van der Waals surface area contributed by atoms with Crippen LogP contribution in [0.25, 0.3) is 11.6 Å². The number of allylic oxidation sites excluding steroid dienone is 1. The molecule has 1 amide bonds. The number of anilines is 2. The lowest BCUT2D eigenvalue weighted by atomic mass is 10.0. The van der Waals surface area contributed by atoms with Crippen LogP contribution in [0.5, 0.6) is 5.75 Å². The van der Waals surface area contributed by atoms with Crippen LogP contribution in [-0.2, 0) is 17.5 Å². The second kappa shape index (κ2) is 13.9. The largest absolute Gasteiger partial charge is 0.496 e. The summed E-state index contributed by atoms with van der Waals surface area (Å²) in [5, 5.41) is 5.64. The minimum absolute atomic E-state index is 0.0460. The number of carbonyl (C=O) groups is 2. The van der Waals surface area contributed by atoms with E-state index in [2.05, 4.69) is 35.5 Å². The summed E-state index contributed by atoms with van der Waals surface area (Å²) in [5.41, 5.74) is 5.72. The lowest BCUT2D eigenvalue weighted by molar-refractivity contribution is -0.141. The highest BCUT2D eigenvalue weighted by atomic mass is 19.4. The van der Waals surface area contributed by atoms with Crippen LogP contribution < -0.4 is 21.1 Å². The van der Waals surface area contributed by atoms with Crippen molar-refractivity contribution in [3.8, 4) is 5.75 Å². The van der Waals surface area contributed by atoms with Crippen molar-refractivity contribution in [2.75, 3.05) is 44.3 Å². The number of ether oxygens (including phenoxy) is 1. The van der Waals surface area contributed by atoms with Crippen molar-refractivity contribution in [2.24, 2.45) is 0 Å². The number of halogens is 3. The average Bonchev–Trinajstić information content (AvgIpc) is 3.42. The molecule has 14 heteroatoms. The number of nitrogen functional groups attached to an aromatic ring is 1. The number of aldehydes is 1. The van der Waals surface area contributed by atoms with Gasteiger partial charge < -0.3 is 31.0 Å². The van der Waals surface area contributed by atoms with E-state index < -0.39 is 23.4 Å². The number of H-pyrrole nitrogens is 1. The molecule has 0 atom stereocenters. The second-order valence-electron chi connectivity index (χ2n) is 9.40. The van der Waals surface area contributed by atoms with Gasteiger partial charge in [-0.15, -0.1) is 0 Å². The van der Waals surface area contributed by atoms with Gasteiger partial charge in [-0.05, 0) is 39.1 Å². The zero-order valence-corrected chi connectivity index (χ0v) is 24.1. The smallest absolute Gasteiger partial charge is 0.434 e. The predicted molar refractivity (Wildman–Crippen MR) is 154 cm³/mol. The van der Waals surface area contributed by atoms with Gasteiger partial charge in [0.05, 0.1) is 30.5 Å². The van der Waals surface area contributed by atoms with Crippen LogP contribution in [0.2, 0.25) is 0 Å². The van der Waals surface area contributed by atoms with Gasteiger partial charge in [0.1, 0.15) is 11.6 Å². The SMILES string of the molecule is CCN(CC)CCNC(=O)c1c[nH]c(/C=C(\C=O)c2c(NCc3ncc(C)c(OC)c3C)nc(N)nc2C(F)(F)F)c1. The summed E-state index contributed by atoms with van der Waals surface area (Å²) < 4.78 is 47.8. The predicted octanol–water partition coefficient (Wildman–Crippen LogP) is 3.85. The van der Waals surface area contributed by atoms with Gasteiger partial charge in [0.15, 0.2) is 12.0 Å². The van der Waals surface area contributed by atoms with Crippen LogP contribution in [-0.4, -0.2) is 70.3 Å². The summed E-state index contributed by atoms with van der Waals surface area (Å²) in [7, 11) is 1.51. The number of hydrogen-bond acceptors (Lipinski definition) is 9. The van der Waals surface area contributed by atoms with Crippen LogP contribution in [0.15, 0.2) is 18.5 Å². The Hall–Kier alpha value is -4.46. The fraction of sp³-hybridized carbons (Fsp3) is 0.393. The summed E-state index contributed by atoms with van der Waals surface area (Å²) in [6.07, 6.45) is -0.522. The summed E-state index contributed by atoms with van der Waals surface area (Å²) in [5.74, 6) is -0.715. The topological polar surface area (TPSA) is 151 Å². The van der Waals surface area contributed by atoms with Gasteiger partial charge >= 0.3 is 6.18 Å². The molecule has 226 valence electrons. The maximum atomic E-state index is 14.1. The molecule has 11 nitrogen and oxygen atoms in total. The molecular weight excluding hydrogens is 553 g/mol. The van der Waals surface area contributed by atoms with Gasteiger partial charge in [-0.2, -0.15) is 18.2 Å². The number of methoxy groups -OCH3 is 1. The minimum Gasteiger partial charge on any atom is -0.496 e. The van der Waals surface area contributed by atoms with Crippen LogP contribution in [0.4, 0.5) is 24.9 Å². The first-order valence-electron chi connectivity index (χ1n) is 13.3. The van der Waals surface area contributed by atoms with E-state index >= 15 is 0 Å². The third-order valence-electron chi connectivity index (χ3n) is 6.67. The molecule has 0 aromatic carbocycles. The average molecular weight is 589 g/mol. The maximum absolute atomic E-state index is 14.1. The minimum atomic E-state index is -4.96. The number of nitrogens with zero attached hydrogens (tertiary/aromatic N) is 4. The monoisotopic (exact) mass is 588 g/mol. The second-order valence-corrected chi connectivity index (χ2v) is 9.40. The summed E-state index contributed by atoms with van der Waals surface area (Å²) in [6, 6.07) is 1.43. The van der Waals surface area contributed by atoms with E-state index in [4.69, 9.17) is 10.5 Å². The third-order valence-corrected chi connectivity index (χ3v) is 6.67. The lowest BCUT2D eigenvalue weighted by Crippen LogP contribution is -2.34. The molecule has 0 aliphatic heterocycles. The van der Waals surface area contributed by atoms with Crippen molar-refractivity contribution in [1.29, 1.82) is 0 Å². The fourth-order valence-corrected chi connectivity index (χ4v) is 4.43. The molecule has 0 saturated carbocycles. The Bertz CT molecular complexity index is 1450. The van der Waals surface area contributed by atoms with Crippen molar-refractivity contribution in [3.63, 3.8) is 0 Å². The molecule has 0 bridgehead atoms. The molecule has 0 spiro atoms. The molecule has 0 radical (unpaired) electrons.